The highest BCUT2D eigenvalue weighted by molar-refractivity contribution is 6.30. The first-order valence-corrected chi connectivity index (χ1v) is 5.78. The summed E-state index contributed by atoms with van der Waals surface area (Å²) in [5, 5.41) is 2.03. The molecule has 0 aliphatic carbocycles. The van der Waals surface area contributed by atoms with E-state index < -0.39 is 28.9 Å². The molecule has 0 bridgehead atoms. The molecule has 0 unspecified atom stereocenters. The molecule has 2 aromatic carbocycles. The third kappa shape index (κ3) is 2.70. The summed E-state index contributed by atoms with van der Waals surface area (Å²) in [5.41, 5.74) is 4.08. The summed E-state index contributed by atoms with van der Waals surface area (Å²) in [6.45, 7) is 0. The minimum Gasteiger partial charge on any atom is -0.396 e. The molecule has 0 saturated carbocycles. The average Bonchev–Trinajstić information content (AvgIpc) is 2.39. The number of hydrogen-bond donors (Lipinski definition) is 2. The Morgan fingerprint density at radius 3 is 2.45 bits per heavy atom. The Hall–Kier alpha value is -2.21. The van der Waals surface area contributed by atoms with Crippen molar-refractivity contribution in [1.29, 1.82) is 0 Å². The molecule has 0 aliphatic heterocycles. The Balaban J connectivity index is 2.33. The summed E-state index contributed by atoms with van der Waals surface area (Å²) in [6.07, 6.45) is 0. The second kappa shape index (κ2) is 5.42. The predicted octanol–water partition coefficient (Wildman–Crippen LogP) is 3.59. The van der Waals surface area contributed by atoms with Gasteiger partial charge in [-0.15, -0.1) is 0 Å². The van der Waals surface area contributed by atoms with Gasteiger partial charge >= 0.3 is 0 Å². The lowest BCUT2D eigenvalue weighted by atomic mass is 10.1. The first-order chi connectivity index (χ1) is 9.40. The molecule has 1 amide bonds. The van der Waals surface area contributed by atoms with E-state index in [4.69, 9.17) is 17.3 Å². The van der Waals surface area contributed by atoms with E-state index in [-0.39, 0.29) is 16.4 Å². The molecule has 3 N–H and O–H groups in total. The third-order valence-electron chi connectivity index (χ3n) is 2.53. The van der Waals surface area contributed by atoms with E-state index in [9.17, 15) is 18.0 Å². The van der Waals surface area contributed by atoms with Gasteiger partial charge in [0.25, 0.3) is 5.91 Å². The number of hydrogen-bond acceptors (Lipinski definition) is 2. The second-order valence-electron chi connectivity index (χ2n) is 3.91. The topological polar surface area (TPSA) is 55.1 Å². The van der Waals surface area contributed by atoms with Crippen molar-refractivity contribution in [3.05, 3.63) is 58.4 Å². The van der Waals surface area contributed by atoms with Gasteiger partial charge in [0, 0.05) is 5.69 Å². The summed E-state index contributed by atoms with van der Waals surface area (Å²) < 4.78 is 40.3. The van der Waals surface area contributed by atoms with Gasteiger partial charge in [0.05, 0.1) is 10.7 Å². The van der Waals surface area contributed by atoms with Gasteiger partial charge in [0.2, 0.25) is 0 Å². The minimum absolute atomic E-state index is 0.0122. The molecule has 0 heterocycles. The van der Waals surface area contributed by atoms with Crippen molar-refractivity contribution >= 4 is 28.9 Å². The van der Waals surface area contributed by atoms with Crippen LogP contribution in [0.3, 0.4) is 0 Å². The van der Waals surface area contributed by atoms with Crippen LogP contribution in [-0.4, -0.2) is 5.91 Å². The highest BCUT2D eigenvalue weighted by atomic mass is 35.5. The normalized spacial score (nSPS) is 10.4. The summed E-state index contributed by atoms with van der Waals surface area (Å²) in [7, 11) is 0. The Bertz CT molecular complexity index is 692. The fourth-order valence-corrected chi connectivity index (χ4v) is 1.66. The quantitative estimate of drug-likeness (QED) is 0.833. The Labute approximate surface area is 117 Å². The molecule has 20 heavy (non-hydrogen) atoms. The van der Waals surface area contributed by atoms with E-state index in [0.29, 0.717) is 0 Å². The van der Waals surface area contributed by atoms with Crippen LogP contribution in [0.4, 0.5) is 24.5 Å². The summed E-state index contributed by atoms with van der Waals surface area (Å²) in [4.78, 5) is 11.8. The molecule has 7 heteroatoms. The van der Waals surface area contributed by atoms with Gasteiger partial charge in [-0.3, -0.25) is 4.79 Å². The first-order valence-electron chi connectivity index (χ1n) is 5.40. The van der Waals surface area contributed by atoms with E-state index in [0.717, 1.165) is 18.2 Å². The molecule has 2 aromatic rings. The van der Waals surface area contributed by atoms with Gasteiger partial charge in [-0.1, -0.05) is 11.6 Å². The van der Waals surface area contributed by atoms with Gasteiger partial charge < -0.3 is 11.1 Å². The third-order valence-corrected chi connectivity index (χ3v) is 2.83. The smallest absolute Gasteiger partial charge is 0.261 e. The van der Waals surface area contributed by atoms with E-state index in [1.807, 2.05) is 0 Å². The lowest BCUT2D eigenvalue weighted by molar-refractivity contribution is 0.101. The molecule has 0 radical (unpaired) electrons. The van der Waals surface area contributed by atoms with Crippen molar-refractivity contribution in [2.45, 2.75) is 0 Å². The number of amides is 1. The van der Waals surface area contributed by atoms with Crippen molar-refractivity contribution in [1.82, 2.24) is 0 Å². The highest BCUT2D eigenvalue weighted by Gasteiger charge is 2.20. The molecular formula is C13H8ClF3N2O. The number of nitrogens with one attached hydrogen (secondary N) is 1. The lowest BCUT2D eigenvalue weighted by Gasteiger charge is -2.09. The van der Waals surface area contributed by atoms with E-state index in [1.165, 1.54) is 12.1 Å². The molecule has 0 spiro atoms. The van der Waals surface area contributed by atoms with Gasteiger partial charge in [-0.05, 0) is 30.3 Å². The van der Waals surface area contributed by atoms with Crippen LogP contribution in [0.15, 0.2) is 30.3 Å². The van der Waals surface area contributed by atoms with Crippen LogP contribution in [-0.2, 0) is 0 Å². The monoisotopic (exact) mass is 300 g/mol. The molecule has 0 atom stereocenters. The molecule has 3 nitrogen and oxygen atoms in total. The van der Waals surface area contributed by atoms with E-state index in [2.05, 4.69) is 5.32 Å². The van der Waals surface area contributed by atoms with E-state index in [1.54, 1.807) is 0 Å². The van der Waals surface area contributed by atoms with Crippen LogP contribution in [0.25, 0.3) is 0 Å². The van der Waals surface area contributed by atoms with E-state index >= 15 is 0 Å². The fraction of sp³-hybridized carbons (Fsp3) is 0. The van der Waals surface area contributed by atoms with Crippen molar-refractivity contribution in [2.75, 3.05) is 11.1 Å². The van der Waals surface area contributed by atoms with Crippen molar-refractivity contribution in [2.24, 2.45) is 0 Å². The Morgan fingerprint density at radius 1 is 1.10 bits per heavy atom. The molecule has 0 aliphatic rings. The van der Waals surface area contributed by atoms with Crippen LogP contribution >= 0.6 is 11.6 Å². The van der Waals surface area contributed by atoms with Gasteiger partial charge in [0.15, 0.2) is 5.82 Å². The number of anilines is 2. The summed E-state index contributed by atoms with van der Waals surface area (Å²) in [5.74, 6) is -4.08. The molecule has 0 aromatic heterocycles. The Kier molecular flexibility index (Phi) is 3.85. The van der Waals surface area contributed by atoms with Gasteiger partial charge in [-0.25, -0.2) is 13.2 Å². The van der Waals surface area contributed by atoms with Crippen molar-refractivity contribution in [3.8, 4) is 0 Å². The lowest BCUT2D eigenvalue weighted by Crippen LogP contribution is -2.17. The SMILES string of the molecule is Nc1ccc(F)c(C(=O)Nc2ccc(Cl)c(F)c2)c1F. The largest absolute Gasteiger partial charge is 0.396 e. The van der Waals surface area contributed by atoms with Crippen LogP contribution in [0, 0.1) is 17.5 Å². The maximum Gasteiger partial charge on any atom is 0.261 e. The zero-order valence-corrected chi connectivity index (χ0v) is 10.6. The summed E-state index contributed by atoms with van der Waals surface area (Å²) in [6, 6.07) is 5.31. The molecular weight excluding hydrogens is 293 g/mol. The zero-order chi connectivity index (χ0) is 14.9. The highest BCUT2D eigenvalue weighted by Crippen LogP contribution is 2.22. The van der Waals surface area contributed by atoms with Gasteiger partial charge in [-0.2, -0.15) is 0 Å². The number of carbonyl (C=O) groups excluding carboxylic acids is 1. The van der Waals surface area contributed by atoms with Crippen LogP contribution in [0.2, 0.25) is 5.02 Å². The van der Waals surface area contributed by atoms with Crippen LogP contribution < -0.4 is 11.1 Å². The number of nitrogens with two attached hydrogens (primary N) is 1. The number of nitrogen functional groups attached to an aromatic ring is 1. The number of benzene rings is 2. The average molecular weight is 301 g/mol. The molecule has 0 fully saturated rings. The van der Waals surface area contributed by atoms with Crippen molar-refractivity contribution < 1.29 is 18.0 Å². The maximum atomic E-state index is 13.6. The standard InChI is InChI=1S/C13H8ClF3N2O/c14-7-2-1-6(5-9(7)16)19-13(20)11-8(15)3-4-10(18)12(11)17/h1-5H,18H2,(H,19,20). The second-order valence-corrected chi connectivity index (χ2v) is 4.32. The van der Waals surface area contributed by atoms with Crippen LogP contribution in [0.1, 0.15) is 10.4 Å². The van der Waals surface area contributed by atoms with Crippen molar-refractivity contribution in [3.63, 3.8) is 0 Å². The number of rotatable bonds is 2. The number of carbonyl (C=O) groups is 1. The zero-order valence-electron chi connectivity index (χ0n) is 9.88. The molecule has 0 saturated heterocycles. The molecule has 2 rings (SSSR count). The molecule has 104 valence electrons. The minimum atomic E-state index is -1.17. The van der Waals surface area contributed by atoms with Gasteiger partial charge in [0.1, 0.15) is 17.2 Å². The summed E-state index contributed by atoms with van der Waals surface area (Å²) >= 11 is 5.48. The first kappa shape index (κ1) is 14.2. The maximum absolute atomic E-state index is 13.6. The predicted molar refractivity (Wildman–Crippen MR) is 70.1 cm³/mol. The van der Waals surface area contributed by atoms with Crippen LogP contribution in [0.5, 0.6) is 0 Å². The Morgan fingerprint density at radius 2 is 1.80 bits per heavy atom. The fourth-order valence-electron chi connectivity index (χ4n) is 1.54. The number of halogens is 4.